The minimum Gasteiger partial charge on any atom is -0.390 e. The molecule has 184 valence electrons. The van der Waals surface area contributed by atoms with Crippen molar-refractivity contribution in [1.82, 2.24) is 15.6 Å². The van der Waals surface area contributed by atoms with Gasteiger partial charge in [0.2, 0.25) is 5.91 Å². The van der Waals surface area contributed by atoms with Gasteiger partial charge in [-0.05, 0) is 84.7 Å². The van der Waals surface area contributed by atoms with Crippen molar-refractivity contribution in [1.29, 1.82) is 0 Å². The van der Waals surface area contributed by atoms with Crippen molar-refractivity contribution in [3.05, 3.63) is 88.7 Å². The minimum absolute atomic E-state index is 0.0509. The molecule has 1 aliphatic carbocycles. The van der Waals surface area contributed by atoms with Crippen molar-refractivity contribution in [2.45, 2.75) is 57.7 Å². The smallest absolute Gasteiger partial charge is 0.217 e. The standard InChI is InChI=1S/C28H31F2N3O2/c1-17-8-9-31-15-25(17)21-7-6-20-4-3-5-26(24(20)13-21)32-16-28(35)27(33-18(2)34)12-19-10-22(29)14-23(30)11-19/h6-11,13-15,26-28,32,35H,3-5,12,16H2,1-2H3,(H,33,34). The van der Waals surface area contributed by atoms with E-state index in [1.165, 1.54) is 30.2 Å². The molecule has 3 unspecified atom stereocenters. The van der Waals surface area contributed by atoms with Gasteiger partial charge in [-0.25, -0.2) is 8.78 Å². The average molecular weight is 480 g/mol. The molecule has 2 aromatic carbocycles. The number of aryl methyl sites for hydroxylation is 2. The first-order valence-electron chi connectivity index (χ1n) is 12.0. The van der Waals surface area contributed by atoms with Crippen molar-refractivity contribution in [2.24, 2.45) is 0 Å². The van der Waals surface area contributed by atoms with E-state index in [4.69, 9.17) is 0 Å². The van der Waals surface area contributed by atoms with E-state index in [9.17, 15) is 18.7 Å². The maximum absolute atomic E-state index is 13.6. The Labute approximate surface area is 204 Å². The van der Waals surface area contributed by atoms with Gasteiger partial charge in [0.15, 0.2) is 0 Å². The summed E-state index contributed by atoms with van der Waals surface area (Å²) in [6, 6.07) is 11.1. The SMILES string of the molecule is CC(=O)NC(Cc1cc(F)cc(F)c1)C(O)CNC1CCCc2ccc(-c3cnccc3C)cc21. The second-order valence-electron chi connectivity index (χ2n) is 9.31. The second-order valence-corrected chi connectivity index (χ2v) is 9.31. The molecule has 5 nitrogen and oxygen atoms in total. The largest absolute Gasteiger partial charge is 0.390 e. The fraction of sp³-hybridized carbons (Fsp3) is 0.357. The van der Waals surface area contributed by atoms with Gasteiger partial charge >= 0.3 is 0 Å². The van der Waals surface area contributed by atoms with Gasteiger partial charge in [0.1, 0.15) is 11.6 Å². The van der Waals surface area contributed by atoms with Gasteiger partial charge in [-0.15, -0.1) is 0 Å². The van der Waals surface area contributed by atoms with Crippen LogP contribution in [0.2, 0.25) is 0 Å². The highest BCUT2D eigenvalue weighted by atomic mass is 19.1. The van der Waals surface area contributed by atoms with Gasteiger partial charge in [-0.2, -0.15) is 0 Å². The lowest BCUT2D eigenvalue weighted by atomic mass is 9.85. The summed E-state index contributed by atoms with van der Waals surface area (Å²) in [5, 5.41) is 17.1. The molecular weight excluding hydrogens is 448 g/mol. The van der Waals surface area contributed by atoms with E-state index < -0.39 is 23.8 Å². The molecule has 1 aromatic heterocycles. The molecule has 0 spiro atoms. The molecule has 0 radical (unpaired) electrons. The highest BCUT2D eigenvalue weighted by molar-refractivity contribution is 5.73. The summed E-state index contributed by atoms with van der Waals surface area (Å²) in [5.74, 6) is -1.69. The van der Waals surface area contributed by atoms with Crippen molar-refractivity contribution >= 4 is 5.91 Å². The number of aliphatic hydroxyl groups is 1. The summed E-state index contributed by atoms with van der Waals surface area (Å²) in [6.45, 7) is 3.65. The summed E-state index contributed by atoms with van der Waals surface area (Å²) >= 11 is 0. The first-order chi connectivity index (χ1) is 16.8. The maximum atomic E-state index is 13.6. The topological polar surface area (TPSA) is 74.2 Å². The summed E-state index contributed by atoms with van der Waals surface area (Å²) in [5.41, 5.74) is 6.21. The van der Waals surface area contributed by atoms with Crippen molar-refractivity contribution in [3.63, 3.8) is 0 Å². The molecule has 1 aliphatic rings. The first kappa shape index (κ1) is 24.9. The molecule has 1 heterocycles. The Morgan fingerprint density at radius 3 is 2.66 bits per heavy atom. The Morgan fingerprint density at radius 1 is 1.17 bits per heavy atom. The predicted octanol–water partition coefficient (Wildman–Crippen LogP) is 4.41. The third kappa shape index (κ3) is 6.29. The fourth-order valence-corrected chi connectivity index (χ4v) is 4.88. The molecular formula is C28H31F2N3O2. The molecule has 0 bridgehead atoms. The number of carbonyl (C=O) groups excluding carboxylic acids is 1. The van der Waals surface area contributed by atoms with E-state index in [1.54, 1.807) is 6.20 Å². The van der Waals surface area contributed by atoms with Crippen LogP contribution >= 0.6 is 0 Å². The number of benzene rings is 2. The number of aromatic nitrogens is 1. The molecule has 3 aromatic rings. The number of hydrogen-bond donors (Lipinski definition) is 3. The third-order valence-electron chi connectivity index (χ3n) is 6.61. The van der Waals surface area contributed by atoms with Crippen LogP contribution in [0.5, 0.6) is 0 Å². The van der Waals surface area contributed by atoms with Gasteiger partial charge < -0.3 is 15.7 Å². The summed E-state index contributed by atoms with van der Waals surface area (Å²) in [6.07, 6.45) is 5.79. The number of aliphatic hydroxyl groups excluding tert-OH is 1. The monoisotopic (exact) mass is 479 g/mol. The van der Waals surface area contributed by atoms with Crippen LogP contribution in [-0.4, -0.2) is 34.7 Å². The molecule has 7 heteroatoms. The first-order valence-corrected chi connectivity index (χ1v) is 12.0. The summed E-state index contributed by atoms with van der Waals surface area (Å²) in [7, 11) is 0. The number of nitrogens with one attached hydrogen (secondary N) is 2. The number of amides is 1. The summed E-state index contributed by atoms with van der Waals surface area (Å²) < 4.78 is 27.3. The van der Waals surface area contributed by atoms with E-state index in [-0.39, 0.29) is 24.9 Å². The highest BCUT2D eigenvalue weighted by Gasteiger charge is 2.25. The lowest BCUT2D eigenvalue weighted by molar-refractivity contribution is -0.120. The highest BCUT2D eigenvalue weighted by Crippen LogP contribution is 2.34. The van der Waals surface area contributed by atoms with Crippen LogP contribution in [0.15, 0.2) is 54.9 Å². The van der Waals surface area contributed by atoms with Crippen LogP contribution in [-0.2, 0) is 17.6 Å². The van der Waals surface area contributed by atoms with E-state index in [1.807, 2.05) is 12.3 Å². The number of rotatable bonds is 8. The molecule has 35 heavy (non-hydrogen) atoms. The number of halogens is 2. The molecule has 3 atom stereocenters. The lowest BCUT2D eigenvalue weighted by Crippen LogP contribution is -2.48. The Morgan fingerprint density at radius 2 is 1.94 bits per heavy atom. The normalized spacial score (nSPS) is 16.9. The number of hydrogen-bond acceptors (Lipinski definition) is 4. The third-order valence-corrected chi connectivity index (χ3v) is 6.61. The van der Waals surface area contributed by atoms with Crippen LogP contribution in [0.4, 0.5) is 8.78 Å². The van der Waals surface area contributed by atoms with Crippen LogP contribution in [0.1, 0.15) is 48.1 Å². The fourth-order valence-electron chi connectivity index (χ4n) is 4.88. The lowest BCUT2D eigenvalue weighted by Gasteiger charge is -2.30. The molecule has 0 fully saturated rings. The maximum Gasteiger partial charge on any atom is 0.217 e. The quantitative estimate of drug-likeness (QED) is 0.448. The Bertz CT molecular complexity index is 1180. The van der Waals surface area contributed by atoms with Crippen LogP contribution in [0, 0.1) is 18.6 Å². The molecule has 0 aliphatic heterocycles. The number of pyridine rings is 1. The van der Waals surface area contributed by atoms with Crippen molar-refractivity contribution in [2.75, 3.05) is 6.54 Å². The Balaban J connectivity index is 1.49. The van der Waals surface area contributed by atoms with Gasteiger partial charge in [0, 0.05) is 43.5 Å². The van der Waals surface area contributed by atoms with Crippen molar-refractivity contribution in [3.8, 4) is 11.1 Å². The molecule has 0 saturated heterocycles. The van der Waals surface area contributed by atoms with Gasteiger partial charge in [0.25, 0.3) is 0 Å². The van der Waals surface area contributed by atoms with Crippen LogP contribution < -0.4 is 10.6 Å². The minimum atomic E-state index is -0.945. The predicted molar refractivity (Wildman–Crippen MR) is 132 cm³/mol. The van der Waals surface area contributed by atoms with Crippen LogP contribution in [0.3, 0.4) is 0 Å². The summed E-state index contributed by atoms with van der Waals surface area (Å²) in [4.78, 5) is 16.0. The Hall–Kier alpha value is -3.16. The van der Waals surface area contributed by atoms with Gasteiger partial charge in [0.05, 0.1) is 12.1 Å². The van der Waals surface area contributed by atoms with E-state index in [2.05, 4.69) is 40.7 Å². The molecule has 4 rings (SSSR count). The zero-order valence-corrected chi connectivity index (χ0v) is 20.0. The zero-order chi connectivity index (χ0) is 24.9. The van der Waals surface area contributed by atoms with Gasteiger partial charge in [-0.3, -0.25) is 9.78 Å². The van der Waals surface area contributed by atoms with Crippen LogP contribution in [0.25, 0.3) is 11.1 Å². The molecule has 1 amide bonds. The second kappa shape index (κ2) is 11.1. The number of fused-ring (bicyclic) bond motifs is 1. The molecule has 0 saturated carbocycles. The van der Waals surface area contributed by atoms with E-state index >= 15 is 0 Å². The zero-order valence-electron chi connectivity index (χ0n) is 20.0. The Kier molecular flexibility index (Phi) is 7.88. The van der Waals surface area contributed by atoms with Crippen molar-refractivity contribution < 1.29 is 18.7 Å². The van der Waals surface area contributed by atoms with Gasteiger partial charge in [-0.1, -0.05) is 12.1 Å². The number of carbonyl (C=O) groups is 1. The number of nitrogens with zero attached hydrogens (tertiary/aromatic N) is 1. The average Bonchev–Trinajstić information content (AvgIpc) is 2.81. The van der Waals surface area contributed by atoms with E-state index in [0.29, 0.717) is 5.56 Å². The molecule has 3 N–H and O–H groups in total. The van der Waals surface area contributed by atoms with E-state index in [0.717, 1.165) is 42.0 Å².